The van der Waals surface area contributed by atoms with Gasteiger partial charge < -0.3 is 10.6 Å². The van der Waals surface area contributed by atoms with Crippen LogP contribution in [-0.4, -0.2) is 19.9 Å². The van der Waals surface area contributed by atoms with Crippen LogP contribution in [-0.2, 0) is 6.18 Å². The normalized spacial score (nSPS) is 11.1. The molecule has 0 aliphatic carbocycles. The van der Waals surface area contributed by atoms with Crippen molar-refractivity contribution in [3.05, 3.63) is 70.8 Å². The largest absolute Gasteiger partial charge is 0.418 e. The molecule has 0 radical (unpaired) electrons. The van der Waals surface area contributed by atoms with Crippen LogP contribution in [0.4, 0.5) is 41.9 Å². The molecule has 11 heteroatoms. The number of nitro groups is 1. The molecule has 0 atom stereocenters. The van der Waals surface area contributed by atoms with Crippen LogP contribution in [0.3, 0.4) is 0 Å². The highest BCUT2D eigenvalue weighted by molar-refractivity contribution is 5.77. The van der Waals surface area contributed by atoms with Crippen LogP contribution in [0.1, 0.15) is 5.56 Å². The monoisotopic (exact) mass is 376 g/mol. The predicted molar refractivity (Wildman–Crippen MR) is 90.9 cm³/mol. The molecular weight excluding hydrogens is 365 g/mol. The fourth-order valence-electron chi connectivity index (χ4n) is 2.27. The van der Waals surface area contributed by atoms with Crippen molar-refractivity contribution in [3.63, 3.8) is 0 Å². The lowest BCUT2D eigenvalue weighted by atomic mass is 10.1. The van der Waals surface area contributed by atoms with E-state index in [1.807, 2.05) is 0 Å². The average Bonchev–Trinajstić information content (AvgIpc) is 2.62. The number of halogens is 3. The zero-order valence-corrected chi connectivity index (χ0v) is 13.4. The van der Waals surface area contributed by atoms with Crippen molar-refractivity contribution in [2.75, 3.05) is 10.6 Å². The van der Waals surface area contributed by atoms with Gasteiger partial charge in [-0.15, -0.1) is 0 Å². The molecule has 8 nitrogen and oxygen atoms in total. The zero-order chi connectivity index (χ0) is 19.4. The summed E-state index contributed by atoms with van der Waals surface area (Å²) in [6.45, 7) is 0. The number of rotatable bonds is 5. The molecule has 138 valence electrons. The van der Waals surface area contributed by atoms with E-state index >= 15 is 0 Å². The van der Waals surface area contributed by atoms with Crippen LogP contribution in [0.5, 0.6) is 0 Å². The van der Waals surface area contributed by atoms with Crippen molar-refractivity contribution in [3.8, 4) is 0 Å². The average molecular weight is 376 g/mol. The number of aromatic nitrogens is 3. The molecule has 2 N–H and O–H groups in total. The number of nitrogens with zero attached hydrogens (tertiary/aromatic N) is 4. The van der Waals surface area contributed by atoms with Crippen LogP contribution in [0.2, 0.25) is 0 Å². The zero-order valence-electron chi connectivity index (χ0n) is 13.4. The van der Waals surface area contributed by atoms with Crippen molar-refractivity contribution in [1.29, 1.82) is 0 Å². The van der Waals surface area contributed by atoms with E-state index in [1.54, 1.807) is 12.1 Å². The molecule has 0 fully saturated rings. The van der Waals surface area contributed by atoms with Gasteiger partial charge in [-0.05, 0) is 24.3 Å². The molecule has 27 heavy (non-hydrogen) atoms. The molecule has 3 rings (SSSR count). The van der Waals surface area contributed by atoms with Gasteiger partial charge in [0.2, 0.25) is 11.6 Å². The Morgan fingerprint density at radius 3 is 2.22 bits per heavy atom. The Morgan fingerprint density at radius 1 is 0.963 bits per heavy atom. The summed E-state index contributed by atoms with van der Waals surface area (Å²) in [5, 5.41) is 16.6. The molecule has 0 bridgehead atoms. The fraction of sp³-hybridized carbons (Fsp3) is 0.0625. The summed E-state index contributed by atoms with van der Waals surface area (Å²) in [7, 11) is 0. The van der Waals surface area contributed by atoms with Gasteiger partial charge in [-0.3, -0.25) is 15.1 Å². The van der Waals surface area contributed by atoms with Gasteiger partial charge >= 0.3 is 11.9 Å². The number of benzene rings is 1. The molecule has 0 aliphatic heterocycles. The first-order valence-electron chi connectivity index (χ1n) is 7.46. The van der Waals surface area contributed by atoms with Gasteiger partial charge in [0.1, 0.15) is 6.33 Å². The molecule has 0 spiro atoms. The minimum absolute atomic E-state index is 0.173. The molecule has 3 aromatic rings. The predicted octanol–water partition coefficient (Wildman–Crippen LogP) is 4.29. The number of hydrogen-bond acceptors (Lipinski definition) is 7. The third-order valence-corrected chi connectivity index (χ3v) is 3.43. The molecule has 0 saturated heterocycles. The highest BCUT2D eigenvalue weighted by Crippen LogP contribution is 2.38. The summed E-state index contributed by atoms with van der Waals surface area (Å²) in [4.78, 5) is 22.1. The second-order valence-corrected chi connectivity index (χ2v) is 5.21. The van der Waals surface area contributed by atoms with Gasteiger partial charge in [-0.25, -0.2) is 9.97 Å². The van der Waals surface area contributed by atoms with Crippen molar-refractivity contribution in [2.45, 2.75) is 6.18 Å². The number of anilines is 4. The lowest BCUT2D eigenvalue weighted by Crippen LogP contribution is -2.10. The lowest BCUT2D eigenvalue weighted by Gasteiger charge is -2.14. The summed E-state index contributed by atoms with van der Waals surface area (Å²) in [6, 6.07) is 7.73. The third kappa shape index (κ3) is 4.08. The first-order valence-corrected chi connectivity index (χ1v) is 7.46. The van der Waals surface area contributed by atoms with Gasteiger partial charge in [0.25, 0.3) is 0 Å². The minimum Gasteiger partial charge on any atom is -0.334 e. The Labute approximate surface area is 150 Å². The maximum atomic E-state index is 13.2. The first kappa shape index (κ1) is 18.0. The van der Waals surface area contributed by atoms with Crippen molar-refractivity contribution in [2.24, 2.45) is 0 Å². The van der Waals surface area contributed by atoms with Crippen molar-refractivity contribution < 1.29 is 18.1 Å². The number of hydrogen-bond donors (Lipinski definition) is 2. The summed E-state index contributed by atoms with van der Waals surface area (Å²) in [6.07, 6.45) is -0.694. The van der Waals surface area contributed by atoms with E-state index in [1.165, 1.54) is 24.5 Å². The van der Waals surface area contributed by atoms with Crippen LogP contribution in [0.25, 0.3) is 0 Å². The van der Waals surface area contributed by atoms with Crippen LogP contribution in [0.15, 0.2) is 55.1 Å². The molecule has 2 heterocycles. The summed E-state index contributed by atoms with van der Waals surface area (Å²) >= 11 is 0. The quantitative estimate of drug-likeness (QED) is 0.505. The number of pyridine rings is 1. The van der Waals surface area contributed by atoms with Gasteiger partial charge in [0.05, 0.1) is 16.2 Å². The number of nitrogens with one attached hydrogen (secondary N) is 2. The van der Waals surface area contributed by atoms with E-state index in [0.717, 1.165) is 18.5 Å². The lowest BCUT2D eigenvalue weighted by molar-refractivity contribution is -0.383. The Kier molecular flexibility index (Phi) is 4.83. The molecule has 0 unspecified atom stereocenters. The molecule has 0 amide bonds. The Hall–Kier alpha value is -3.76. The fourth-order valence-corrected chi connectivity index (χ4v) is 2.27. The smallest absolute Gasteiger partial charge is 0.334 e. The van der Waals surface area contributed by atoms with Crippen molar-refractivity contribution in [1.82, 2.24) is 15.0 Å². The summed E-state index contributed by atoms with van der Waals surface area (Å²) in [5.74, 6) is -0.545. The maximum absolute atomic E-state index is 13.2. The Bertz CT molecular complexity index is 966. The van der Waals surface area contributed by atoms with E-state index in [4.69, 9.17) is 0 Å². The first-order chi connectivity index (χ1) is 12.9. The van der Waals surface area contributed by atoms with Gasteiger partial charge in [0, 0.05) is 18.1 Å². The number of alkyl halides is 3. The summed E-state index contributed by atoms with van der Waals surface area (Å²) in [5.41, 5.74) is -1.46. The third-order valence-electron chi connectivity index (χ3n) is 3.43. The van der Waals surface area contributed by atoms with Gasteiger partial charge in [-0.1, -0.05) is 12.1 Å². The summed E-state index contributed by atoms with van der Waals surface area (Å²) < 4.78 is 39.5. The van der Waals surface area contributed by atoms with Crippen LogP contribution >= 0.6 is 0 Å². The van der Waals surface area contributed by atoms with E-state index < -0.39 is 22.4 Å². The Balaban J connectivity index is 2.02. The van der Waals surface area contributed by atoms with Gasteiger partial charge in [0.15, 0.2) is 0 Å². The van der Waals surface area contributed by atoms with E-state index in [2.05, 4.69) is 25.6 Å². The topological polar surface area (TPSA) is 106 Å². The molecule has 1 aromatic carbocycles. The molecule has 2 aromatic heterocycles. The molecule has 0 saturated carbocycles. The number of para-hydroxylation sites is 1. The Morgan fingerprint density at radius 2 is 1.59 bits per heavy atom. The minimum atomic E-state index is -4.64. The highest BCUT2D eigenvalue weighted by atomic mass is 19.4. The second kappa shape index (κ2) is 7.23. The van der Waals surface area contributed by atoms with E-state index in [-0.39, 0.29) is 17.3 Å². The van der Waals surface area contributed by atoms with Crippen molar-refractivity contribution >= 4 is 28.7 Å². The second-order valence-electron chi connectivity index (χ2n) is 5.21. The van der Waals surface area contributed by atoms with E-state index in [0.29, 0.717) is 5.69 Å². The standard InChI is InChI=1S/C16H11F3N6O2/c17-16(18,19)11-3-1-2-4-12(11)24-15-13(25(26)27)14(21-9-22-15)23-10-5-7-20-8-6-10/h1-9H,(H2,20,21,22,23,24). The molecule has 0 aliphatic rings. The maximum Gasteiger partial charge on any atom is 0.418 e. The molecular formula is C16H11F3N6O2. The highest BCUT2D eigenvalue weighted by Gasteiger charge is 2.34. The van der Waals surface area contributed by atoms with Crippen LogP contribution in [0, 0.1) is 10.1 Å². The van der Waals surface area contributed by atoms with Gasteiger partial charge in [-0.2, -0.15) is 13.2 Å². The SMILES string of the molecule is O=[N+]([O-])c1c(Nc2ccncc2)ncnc1Nc1ccccc1C(F)(F)F. The van der Waals surface area contributed by atoms with Crippen LogP contribution < -0.4 is 10.6 Å². The van der Waals surface area contributed by atoms with E-state index in [9.17, 15) is 23.3 Å².